The lowest BCUT2D eigenvalue weighted by atomic mass is 10.1. The summed E-state index contributed by atoms with van der Waals surface area (Å²) in [5, 5.41) is 9.44. The molecular formula is C14H19NO. The summed E-state index contributed by atoms with van der Waals surface area (Å²) < 4.78 is 0. The Labute approximate surface area is 97.2 Å². The second-order valence-corrected chi connectivity index (χ2v) is 4.58. The van der Waals surface area contributed by atoms with Crippen LogP contribution in [-0.2, 0) is 0 Å². The predicted molar refractivity (Wildman–Crippen MR) is 67.2 cm³/mol. The van der Waals surface area contributed by atoms with Gasteiger partial charge in [-0.25, -0.2) is 0 Å². The van der Waals surface area contributed by atoms with Crippen molar-refractivity contribution in [2.45, 2.75) is 19.4 Å². The number of likely N-dealkylation sites (tertiary alicyclic amines) is 1. The average molecular weight is 217 g/mol. The number of β-amino-alcohol motifs (C(OH)–C–C–N with tert-alkyl or cyclic N) is 1. The lowest BCUT2D eigenvalue weighted by molar-refractivity contribution is 0.179. The fraction of sp³-hybridized carbons (Fsp3) is 0.429. The Hall–Kier alpha value is -1.12. The first-order valence-corrected chi connectivity index (χ1v) is 5.86. The van der Waals surface area contributed by atoms with Crippen LogP contribution in [0.25, 0.3) is 6.08 Å². The van der Waals surface area contributed by atoms with Crippen LogP contribution >= 0.6 is 0 Å². The Bertz CT molecular complexity index is 358. The number of nitrogens with zero attached hydrogens (tertiary/aromatic N) is 1. The third-order valence-electron chi connectivity index (χ3n) is 2.93. The topological polar surface area (TPSA) is 23.5 Å². The average Bonchev–Trinajstić information content (AvgIpc) is 2.65. The molecule has 0 amide bonds. The zero-order valence-electron chi connectivity index (χ0n) is 9.76. The van der Waals surface area contributed by atoms with Crippen molar-refractivity contribution in [3.63, 3.8) is 0 Å². The summed E-state index contributed by atoms with van der Waals surface area (Å²) >= 11 is 0. The number of aliphatic hydroxyl groups is 1. The van der Waals surface area contributed by atoms with E-state index < -0.39 is 0 Å². The van der Waals surface area contributed by atoms with Gasteiger partial charge in [0.05, 0.1) is 6.10 Å². The second-order valence-electron chi connectivity index (χ2n) is 4.58. The highest BCUT2D eigenvalue weighted by Gasteiger charge is 2.19. The Kier molecular flexibility index (Phi) is 3.75. The summed E-state index contributed by atoms with van der Waals surface area (Å²) in [5.41, 5.74) is 2.60. The van der Waals surface area contributed by atoms with Crippen molar-refractivity contribution in [1.82, 2.24) is 4.90 Å². The maximum absolute atomic E-state index is 9.44. The lowest BCUT2D eigenvalue weighted by Gasteiger charge is -2.15. The van der Waals surface area contributed by atoms with E-state index in [0.29, 0.717) is 0 Å². The number of aliphatic hydroxyl groups excluding tert-OH is 1. The van der Waals surface area contributed by atoms with Crippen LogP contribution in [0.3, 0.4) is 0 Å². The van der Waals surface area contributed by atoms with Crippen molar-refractivity contribution >= 4 is 6.08 Å². The number of hydrogen-bond acceptors (Lipinski definition) is 2. The molecule has 1 aromatic rings. The first kappa shape index (κ1) is 11.4. The maximum Gasteiger partial charge on any atom is 0.0679 e. The molecule has 1 aliphatic rings. The van der Waals surface area contributed by atoms with Gasteiger partial charge in [0.2, 0.25) is 0 Å². The summed E-state index contributed by atoms with van der Waals surface area (Å²) in [4.78, 5) is 2.30. The predicted octanol–water partition coefficient (Wildman–Crippen LogP) is 2.16. The highest BCUT2D eigenvalue weighted by Crippen LogP contribution is 2.12. The van der Waals surface area contributed by atoms with E-state index in [1.807, 2.05) is 6.07 Å². The quantitative estimate of drug-likeness (QED) is 0.838. The first-order chi connectivity index (χ1) is 7.74. The largest absolute Gasteiger partial charge is 0.392 e. The van der Waals surface area contributed by atoms with Crippen LogP contribution in [0, 0.1) is 0 Å². The van der Waals surface area contributed by atoms with E-state index >= 15 is 0 Å². The van der Waals surface area contributed by atoms with Crippen molar-refractivity contribution < 1.29 is 5.11 Å². The molecule has 1 heterocycles. The van der Waals surface area contributed by atoms with Crippen LogP contribution in [0.2, 0.25) is 0 Å². The van der Waals surface area contributed by atoms with Crippen molar-refractivity contribution in [3.8, 4) is 0 Å². The summed E-state index contributed by atoms with van der Waals surface area (Å²) in [5.74, 6) is 0. The van der Waals surface area contributed by atoms with Crippen LogP contribution in [0.15, 0.2) is 35.9 Å². The molecule has 1 N–H and O–H groups in total. The summed E-state index contributed by atoms with van der Waals surface area (Å²) in [6.07, 6.45) is 3.01. The van der Waals surface area contributed by atoms with Gasteiger partial charge in [0.15, 0.2) is 0 Å². The molecule has 0 bridgehead atoms. The van der Waals surface area contributed by atoms with Crippen LogP contribution in [0.1, 0.15) is 18.9 Å². The van der Waals surface area contributed by atoms with Gasteiger partial charge in [-0.2, -0.15) is 0 Å². The third-order valence-corrected chi connectivity index (χ3v) is 2.93. The zero-order valence-corrected chi connectivity index (χ0v) is 9.76. The van der Waals surface area contributed by atoms with Gasteiger partial charge in [-0.3, -0.25) is 4.90 Å². The van der Waals surface area contributed by atoms with Crippen LogP contribution in [0.5, 0.6) is 0 Å². The normalized spacial score (nSPS) is 22.6. The molecule has 2 nitrogen and oxygen atoms in total. The molecule has 1 atom stereocenters. The SMILES string of the molecule is C/C(=C/c1ccccc1)CN1CC[C@@H](O)C1. The van der Waals surface area contributed by atoms with Crippen molar-refractivity contribution in [2.75, 3.05) is 19.6 Å². The molecule has 0 saturated carbocycles. The molecule has 0 radical (unpaired) electrons. The standard InChI is InChI=1S/C14H19NO/c1-12(9-13-5-3-2-4-6-13)10-15-8-7-14(16)11-15/h2-6,9,14,16H,7-8,10-11H2,1H3/b12-9-/t14-/m1/s1. The van der Waals surface area contributed by atoms with Crippen LogP contribution in [0.4, 0.5) is 0 Å². The summed E-state index contributed by atoms with van der Waals surface area (Å²) in [6, 6.07) is 10.4. The summed E-state index contributed by atoms with van der Waals surface area (Å²) in [7, 11) is 0. The molecule has 0 unspecified atom stereocenters. The van der Waals surface area contributed by atoms with Gasteiger partial charge in [0, 0.05) is 19.6 Å². The number of rotatable bonds is 3. The lowest BCUT2D eigenvalue weighted by Crippen LogP contribution is -2.23. The molecule has 16 heavy (non-hydrogen) atoms. The molecule has 1 saturated heterocycles. The monoisotopic (exact) mass is 217 g/mol. The second kappa shape index (κ2) is 5.28. The smallest absolute Gasteiger partial charge is 0.0679 e. The fourth-order valence-corrected chi connectivity index (χ4v) is 2.19. The first-order valence-electron chi connectivity index (χ1n) is 5.86. The minimum atomic E-state index is -0.121. The van der Waals surface area contributed by atoms with Crippen molar-refractivity contribution in [2.24, 2.45) is 0 Å². The minimum absolute atomic E-state index is 0.121. The highest BCUT2D eigenvalue weighted by atomic mass is 16.3. The molecule has 2 heteroatoms. The molecular weight excluding hydrogens is 198 g/mol. The van der Waals surface area contributed by atoms with E-state index in [1.54, 1.807) is 0 Å². The van der Waals surface area contributed by atoms with Gasteiger partial charge in [-0.1, -0.05) is 42.0 Å². The molecule has 0 aromatic heterocycles. The van der Waals surface area contributed by atoms with E-state index in [0.717, 1.165) is 26.1 Å². The van der Waals surface area contributed by atoms with E-state index in [2.05, 4.69) is 42.2 Å². The molecule has 1 aromatic carbocycles. The van der Waals surface area contributed by atoms with Crippen molar-refractivity contribution in [1.29, 1.82) is 0 Å². The maximum atomic E-state index is 9.44. The number of benzene rings is 1. The van der Waals surface area contributed by atoms with Gasteiger partial charge in [-0.05, 0) is 18.9 Å². The van der Waals surface area contributed by atoms with E-state index in [9.17, 15) is 5.11 Å². The number of hydrogen-bond donors (Lipinski definition) is 1. The molecule has 0 aliphatic carbocycles. The van der Waals surface area contributed by atoms with Gasteiger partial charge in [0.25, 0.3) is 0 Å². The molecule has 0 spiro atoms. The van der Waals surface area contributed by atoms with Crippen LogP contribution < -0.4 is 0 Å². The summed E-state index contributed by atoms with van der Waals surface area (Å²) in [6.45, 7) is 4.95. The minimum Gasteiger partial charge on any atom is -0.392 e. The van der Waals surface area contributed by atoms with Gasteiger partial charge in [-0.15, -0.1) is 0 Å². The Balaban J connectivity index is 1.93. The molecule has 86 valence electrons. The van der Waals surface area contributed by atoms with Gasteiger partial charge < -0.3 is 5.11 Å². The Morgan fingerprint density at radius 2 is 2.19 bits per heavy atom. The molecule has 1 fully saturated rings. The zero-order chi connectivity index (χ0) is 11.4. The van der Waals surface area contributed by atoms with E-state index in [4.69, 9.17) is 0 Å². The molecule has 2 rings (SSSR count). The Morgan fingerprint density at radius 3 is 2.81 bits per heavy atom. The Morgan fingerprint density at radius 1 is 1.44 bits per heavy atom. The van der Waals surface area contributed by atoms with E-state index in [-0.39, 0.29) is 6.10 Å². The van der Waals surface area contributed by atoms with Gasteiger partial charge in [0.1, 0.15) is 0 Å². The van der Waals surface area contributed by atoms with Crippen LogP contribution in [-0.4, -0.2) is 35.7 Å². The van der Waals surface area contributed by atoms with Crippen molar-refractivity contribution in [3.05, 3.63) is 41.5 Å². The molecule has 1 aliphatic heterocycles. The van der Waals surface area contributed by atoms with E-state index in [1.165, 1.54) is 11.1 Å². The highest BCUT2D eigenvalue weighted by molar-refractivity contribution is 5.52. The third kappa shape index (κ3) is 3.19. The van der Waals surface area contributed by atoms with Gasteiger partial charge >= 0.3 is 0 Å². The fourth-order valence-electron chi connectivity index (χ4n) is 2.19.